The Kier molecular flexibility index (Phi) is 2.59. The van der Waals surface area contributed by atoms with E-state index in [1.165, 1.54) is 7.11 Å². The summed E-state index contributed by atoms with van der Waals surface area (Å²) in [5, 5.41) is 0. The average Bonchev–Trinajstić information content (AvgIpc) is 2.28. The molecule has 86 valence electrons. The first-order chi connectivity index (χ1) is 7.54. The summed E-state index contributed by atoms with van der Waals surface area (Å²) in [5.74, 6) is 0.200. The molecule has 0 spiro atoms. The molecule has 1 aromatic carbocycles. The molecule has 1 aliphatic rings. The number of carbonyl (C=O) groups excluding carboxylic acids is 1. The van der Waals surface area contributed by atoms with E-state index in [0.717, 1.165) is 4.31 Å². The van der Waals surface area contributed by atoms with Gasteiger partial charge in [0.05, 0.1) is 19.4 Å². The highest BCUT2D eigenvalue weighted by atomic mass is 32.2. The van der Waals surface area contributed by atoms with E-state index < -0.39 is 15.9 Å². The van der Waals surface area contributed by atoms with E-state index in [1.54, 1.807) is 24.3 Å². The number of amides is 1. The van der Waals surface area contributed by atoms with Crippen LogP contribution in [0.4, 0.5) is 0 Å². The number of methoxy groups -OCH3 is 1. The Morgan fingerprint density at radius 3 is 2.31 bits per heavy atom. The zero-order valence-corrected chi connectivity index (χ0v) is 9.53. The molecular formula is C10H11NO4S. The van der Waals surface area contributed by atoms with E-state index in [0.29, 0.717) is 11.3 Å². The number of ether oxygens (including phenoxy) is 1. The normalized spacial score (nSPS) is 17.7. The van der Waals surface area contributed by atoms with Gasteiger partial charge in [0.2, 0.25) is 10.0 Å². The zero-order chi connectivity index (χ0) is 11.8. The summed E-state index contributed by atoms with van der Waals surface area (Å²) in [6.07, 6.45) is 0. The Hall–Kier alpha value is -1.56. The van der Waals surface area contributed by atoms with Gasteiger partial charge in [-0.2, -0.15) is 0 Å². The third-order valence-corrected chi connectivity index (χ3v) is 4.17. The molecule has 1 fully saturated rings. The monoisotopic (exact) mass is 241 g/mol. The largest absolute Gasteiger partial charge is 0.497 e. The van der Waals surface area contributed by atoms with E-state index in [2.05, 4.69) is 0 Å². The first kappa shape index (κ1) is 10.9. The lowest BCUT2D eigenvalue weighted by Gasteiger charge is -2.30. The van der Waals surface area contributed by atoms with Crippen LogP contribution < -0.4 is 4.74 Å². The van der Waals surface area contributed by atoms with Crippen LogP contribution >= 0.6 is 0 Å². The van der Waals surface area contributed by atoms with E-state index in [4.69, 9.17) is 4.74 Å². The van der Waals surface area contributed by atoms with Crippen LogP contribution in [-0.4, -0.2) is 38.0 Å². The van der Waals surface area contributed by atoms with Gasteiger partial charge in [-0.05, 0) is 24.3 Å². The van der Waals surface area contributed by atoms with Gasteiger partial charge in [-0.3, -0.25) is 4.79 Å². The molecule has 2 rings (SSSR count). The molecule has 5 nitrogen and oxygen atoms in total. The Morgan fingerprint density at radius 2 is 1.94 bits per heavy atom. The Balaban J connectivity index is 2.21. The minimum atomic E-state index is -3.33. The zero-order valence-electron chi connectivity index (χ0n) is 8.71. The van der Waals surface area contributed by atoms with Crippen molar-refractivity contribution in [3.63, 3.8) is 0 Å². The number of benzene rings is 1. The van der Waals surface area contributed by atoms with Crippen molar-refractivity contribution >= 4 is 15.9 Å². The molecule has 1 amide bonds. The standard InChI is InChI=1S/C10H11NO4S/c1-15-9-4-2-8(3-5-9)10(12)11-6-7-16(11,13)14/h2-5H,6-7H2,1H3. The van der Waals surface area contributed by atoms with Crippen molar-refractivity contribution in [3.8, 4) is 5.75 Å². The van der Waals surface area contributed by atoms with Crippen molar-refractivity contribution < 1.29 is 17.9 Å². The molecule has 1 aromatic rings. The predicted molar refractivity (Wildman–Crippen MR) is 57.8 cm³/mol. The predicted octanol–water partition coefficient (Wildman–Crippen LogP) is 0.481. The first-order valence-corrected chi connectivity index (χ1v) is 6.34. The lowest BCUT2D eigenvalue weighted by Crippen LogP contribution is -2.50. The molecule has 16 heavy (non-hydrogen) atoms. The van der Waals surface area contributed by atoms with Crippen molar-refractivity contribution in [1.29, 1.82) is 0 Å². The third-order valence-electron chi connectivity index (χ3n) is 2.45. The summed E-state index contributed by atoms with van der Waals surface area (Å²) >= 11 is 0. The van der Waals surface area contributed by atoms with Crippen LogP contribution in [0.2, 0.25) is 0 Å². The van der Waals surface area contributed by atoms with Gasteiger partial charge in [-0.25, -0.2) is 12.7 Å². The smallest absolute Gasteiger partial charge is 0.267 e. The Bertz CT molecular complexity index is 506. The molecule has 1 saturated heterocycles. The van der Waals surface area contributed by atoms with Crippen molar-refractivity contribution in [2.45, 2.75) is 0 Å². The first-order valence-electron chi connectivity index (χ1n) is 4.73. The summed E-state index contributed by atoms with van der Waals surface area (Å²) < 4.78 is 28.3. The molecule has 0 unspecified atom stereocenters. The lowest BCUT2D eigenvalue weighted by molar-refractivity contribution is 0.0850. The van der Waals surface area contributed by atoms with Gasteiger partial charge in [0.25, 0.3) is 5.91 Å². The summed E-state index contributed by atoms with van der Waals surface area (Å²) in [7, 11) is -1.81. The topological polar surface area (TPSA) is 63.7 Å². The molecular weight excluding hydrogens is 230 g/mol. The maximum Gasteiger partial charge on any atom is 0.267 e. The lowest BCUT2D eigenvalue weighted by atomic mass is 10.2. The average molecular weight is 241 g/mol. The van der Waals surface area contributed by atoms with Crippen molar-refractivity contribution in [2.75, 3.05) is 19.4 Å². The highest BCUT2D eigenvalue weighted by Crippen LogP contribution is 2.19. The van der Waals surface area contributed by atoms with Crippen molar-refractivity contribution in [2.24, 2.45) is 0 Å². The fourth-order valence-corrected chi connectivity index (χ4v) is 2.46. The SMILES string of the molecule is COc1ccc(C(=O)N2CCS2(=O)=O)cc1. The van der Waals surface area contributed by atoms with E-state index in [-0.39, 0.29) is 12.3 Å². The highest BCUT2D eigenvalue weighted by molar-refractivity contribution is 7.90. The molecule has 1 heterocycles. The van der Waals surface area contributed by atoms with E-state index in [1.807, 2.05) is 0 Å². The van der Waals surface area contributed by atoms with Gasteiger partial charge in [0.15, 0.2) is 0 Å². The number of nitrogens with zero attached hydrogens (tertiary/aromatic N) is 1. The van der Waals surface area contributed by atoms with Crippen molar-refractivity contribution in [3.05, 3.63) is 29.8 Å². The van der Waals surface area contributed by atoms with Gasteiger partial charge in [0, 0.05) is 5.56 Å². The van der Waals surface area contributed by atoms with Crippen LogP contribution in [0.15, 0.2) is 24.3 Å². The van der Waals surface area contributed by atoms with Crippen LogP contribution in [-0.2, 0) is 10.0 Å². The second-order valence-corrected chi connectivity index (χ2v) is 5.43. The van der Waals surface area contributed by atoms with Gasteiger partial charge < -0.3 is 4.74 Å². The number of rotatable bonds is 2. The van der Waals surface area contributed by atoms with Gasteiger partial charge in [-0.15, -0.1) is 0 Å². The second-order valence-electron chi connectivity index (χ2n) is 3.42. The molecule has 1 aliphatic heterocycles. The molecule has 0 aliphatic carbocycles. The Labute approximate surface area is 93.7 Å². The third kappa shape index (κ3) is 1.76. The maximum atomic E-state index is 11.7. The summed E-state index contributed by atoms with van der Waals surface area (Å²) in [4.78, 5) is 11.7. The quantitative estimate of drug-likeness (QED) is 0.755. The summed E-state index contributed by atoms with van der Waals surface area (Å²) in [6, 6.07) is 6.35. The minimum absolute atomic E-state index is 0.0505. The van der Waals surface area contributed by atoms with Crippen LogP contribution in [0.5, 0.6) is 5.75 Å². The molecule has 0 atom stereocenters. The number of hydrogen-bond donors (Lipinski definition) is 0. The van der Waals surface area contributed by atoms with Gasteiger partial charge in [-0.1, -0.05) is 0 Å². The van der Waals surface area contributed by atoms with E-state index >= 15 is 0 Å². The minimum Gasteiger partial charge on any atom is -0.497 e. The van der Waals surface area contributed by atoms with E-state index in [9.17, 15) is 13.2 Å². The molecule has 0 radical (unpaired) electrons. The highest BCUT2D eigenvalue weighted by Gasteiger charge is 2.37. The van der Waals surface area contributed by atoms with Crippen LogP contribution in [0.1, 0.15) is 10.4 Å². The molecule has 0 aromatic heterocycles. The molecule has 0 bridgehead atoms. The van der Waals surface area contributed by atoms with Crippen LogP contribution in [0, 0.1) is 0 Å². The number of sulfonamides is 1. The van der Waals surface area contributed by atoms with Crippen LogP contribution in [0.3, 0.4) is 0 Å². The van der Waals surface area contributed by atoms with Gasteiger partial charge >= 0.3 is 0 Å². The fraction of sp³-hybridized carbons (Fsp3) is 0.300. The maximum absolute atomic E-state index is 11.7. The summed E-state index contributed by atoms with van der Waals surface area (Å²) in [5.41, 5.74) is 0.351. The molecule has 0 N–H and O–H groups in total. The van der Waals surface area contributed by atoms with Gasteiger partial charge in [0.1, 0.15) is 5.75 Å². The molecule has 6 heteroatoms. The second kappa shape index (κ2) is 3.79. The Morgan fingerprint density at radius 1 is 1.31 bits per heavy atom. The number of carbonyl (C=O) groups is 1. The fourth-order valence-electron chi connectivity index (χ4n) is 1.44. The van der Waals surface area contributed by atoms with Crippen LogP contribution in [0.25, 0.3) is 0 Å². The number of hydrogen-bond acceptors (Lipinski definition) is 4. The molecule has 0 saturated carbocycles. The summed E-state index contributed by atoms with van der Waals surface area (Å²) in [6.45, 7) is 0.271. The van der Waals surface area contributed by atoms with Crippen molar-refractivity contribution in [1.82, 2.24) is 4.31 Å².